The second-order valence-corrected chi connectivity index (χ2v) is 6.33. The van der Waals surface area contributed by atoms with Crippen LogP contribution in [0.5, 0.6) is 0 Å². The summed E-state index contributed by atoms with van der Waals surface area (Å²) < 4.78 is 7.06. The SMILES string of the molecule is O=C(Nc1ccc(-c2nnc3n2CCCCC3)cc1)c1ccc([N+](=O)[O-])o1. The lowest BCUT2D eigenvalue weighted by Crippen LogP contribution is -2.10. The van der Waals surface area contributed by atoms with Crippen molar-refractivity contribution in [3.63, 3.8) is 0 Å². The maximum Gasteiger partial charge on any atom is 0.433 e. The Bertz CT molecular complexity index is 990. The van der Waals surface area contributed by atoms with E-state index in [1.54, 1.807) is 12.1 Å². The summed E-state index contributed by atoms with van der Waals surface area (Å²) in [5, 5.41) is 21.9. The molecule has 3 heterocycles. The number of rotatable bonds is 4. The Morgan fingerprint density at radius 1 is 1.11 bits per heavy atom. The molecule has 0 unspecified atom stereocenters. The average Bonchev–Trinajstić information content (AvgIpc) is 3.25. The van der Waals surface area contributed by atoms with Crippen LogP contribution in [0, 0.1) is 10.1 Å². The Balaban J connectivity index is 1.50. The number of amides is 1. The number of furan rings is 1. The van der Waals surface area contributed by atoms with E-state index in [0.717, 1.165) is 49.1 Å². The summed E-state index contributed by atoms with van der Waals surface area (Å²) in [6.07, 6.45) is 4.38. The Morgan fingerprint density at radius 2 is 1.93 bits per heavy atom. The van der Waals surface area contributed by atoms with E-state index in [-0.39, 0.29) is 5.76 Å². The number of fused-ring (bicyclic) bond motifs is 1. The summed E-state index contributed by atoms with van der Waals surface area (Å²) >= 11 is 0. The van der Waals surface area contributed by atoms with Crippen LogP contribution >= 0.6 is 0 Å². The predicted octanol–water partition coefficient (Wildman–Crippen LogP) is 3.43. The van der Waals surface area contributed by atoms with Crippen LogP contribution in [0.1, 0.15) is 35.6 Å². The highest BCUT2D eigenvalue weighted by atomic mass is 16.6. The van der Waals surface area contributed by atoms with Crippen LogP contribution in [0.4, 0.5) is 11.6 Å². The number of benzene rings is 1. The molecular weight excluding hydrogens is 350 g/mol. The average molecular weight is 367 g/mol. The van der Waals surface area contributed by atoms with Gasteiger partial charge in [-0.2, -0.15) is 0 Å². The minimum absolute atomic E-state index is 0.117. The fourth-order valence-electron chi connectivity index (χ4n) is 3.14. The largest absolute Gasteiger partial charge is 0.433 e. The number of hydrogen-bond acceptors (Lipinski definition) is 6. The van der Waals surface area contributed by atoms with Gasteiger partial charge in [0.15, 0.2) is 11.6 Å². The molecule has 0 saturated carbocycles. The zero-order valence-corrected chi connectivity index (χ0v) is 14.4. The molecule has 1 amide bonds. The number of hydrogen-bond donors (Lipinski definition) is 1. The molecule has 9 heteroatoms. The highest BCUT2D eigenvalue weighted by Crippen LogP contribution is 2.24. The minimum Gasteiger partial charge on any atom is -0.395 e. The highest BCUT2D eigenvalue weighted by Gasteiger charge is 2.18. The molecule has 4 rings (SSSR count). The zero-order valence-electron chi connectivity index (χ0n) is 14.4. The van der Waals surface area contributed by atoms with Gasteiger partial charge in [-0.05, 0) is 43.2 Å². The molecule has 0 fully saturated rings. The first-order chi connectivity index (χ1) is 13.1. The minimum atomic E-state index is -0.687. The molecule has 1 aliphatic heterocycles. The molecule has 1 N–H and O–H groups in total. The Kier molecular flexibility index (Phi) is 4.41. The summed E-state index contributed by atoms with van der Waals surface area (Å²) in [4.78, 5) is 22.1. The molecule has 27 heavy (non-hydrogen) atoms. The molecule has 0 atom stereocenters. The topological polar surface area (TPSA) is 116 Å². The number of nitro groups is 1. The Hall–Kier alpha value is -3.49. The van der Waals surface area contributed by atoms with Gasteiger partial charge in [-0.1, -0.05) is 6.42 Å². The highest BCUT2D eigenvalue weighted by molar-refractivity contribution is 6.02. The van der Waals surface area contributed by atoms with E-state index in [0.29, 0.717) is 5.69 Å². The fraction of sp³-hybridized carbons (Fsp3) is 0.278. The van der Waals surface area contributed by atoms with Crippen molar-refractivity contribution in [2.24, 2.45) is 0 Å². The fourth-order valence-corrected chi connectivity index (χ4v) is 3.14. The van der Waals surface area contributed by atoms with E-state index in [1.165, 1.54) is 12.5 Å². The third kappa shape index (κ3) is 3.43. The van der Waals surface area contributed by atoms with Crippen LogP contribution in [-0.4, -0.2) is 25.6 Å². The molecule has 1 aliphatic rings. The second-order valence-electron chi connectivity index (χ2n) is 6.33. The van der Waals surface area contributed by atoms with Crippen LogP contribution in [0.3, 0.4) is 0 Å². The van der Waals surface area contributed by atoms with Gasteiger partial charge in [-0.25, -0.2) is 0 Å². The molecule has 0 bridgehead atoms. The number of nitrogens with zero attached hydrogens (tertiary/aromatic N) is 4. The van der Waals surface area contributed by atoms with Gasteiger partial charge in [0.05, 0.1) is 6.07 Å². The van der Waals surface area contributed by atoms with Gasteiger partial charge in [0.1, 0.15) is 10.7 Å². The van der Waals surface area contributed by atoms with Crippen LogP contribution < -0.4 is 5.32 Å². The predicted molar refractivity (Wildman–Crippen MR) is 96.3 cm³/mol. The van der Waals surface area contributed by atoms with Crippen molar-refractivity contribution in [1.29, 1.82) is 0 Å². The van der Waals surface area contributed by atoms with Crippen molar-refractivity contribution in [2.75, 3.05) is 5.32 Å². The van der Waals surface area contributed by atoms with Crippen LogP contribution in [0.25, 0.3) is 11.4 Å². The Morgan fingerprint density at radius 3 is 2.67 bits per heavy atom. The van der Waals surface area contributed by atoms with Crippen molar-refractivity contribution in [3.8, 4) is 11.4 Å². The molecule has 0 spiro atoms. The zero-order chi connectivity index (χ0) is 18.8. The van der Waals surface area contributed by atoms with Gasteiger partial charge in [-0.3, -0.25) is 14.9 Å². The summed E-state index contributed by atoms with van der Waals surface area (Å²) in [6, 6.07) is 9.65. The van der Waals surface area contributed by atoms with E-state index < -0.39 is 16.7 Å². The quantitative estimate of drug-likeness (QED) is 0.558. The van der Waals surface area contributed by atoms with Crippen molar-refractivity contribution < 1.29 is 14.1 Å². The number of aryl methyl sites for hydroxylation is 1. The van der Waals surface area contributed by atoms with Crippen molar-refractivity contribution in [1.82, 2.24) is 14.8 Å². The van der Waals surface area contributed by atoms with Gasteiger partial charge < -0.3 is 14.3 Å². The van der Waals surface area contributed by atoms with Gasteiger partial charge in [0.2, 0.25) is 0 Å². The molecule has 9 nitrogen and oxygen atoms in total. The van der Waals surface area contributed by atoms with Crippen molar-refractivity contribution >= 4 is 17.5 Å². The van der Waals surface area contributed by atoms with E-state index in [4.69, 9.17) is 4.42 Å². The number of carbonyl (C=O) groups is 1. The number of nitrogens with one attached hydrogen (secondary N) is 1. The van der Waals surface area contributed by atoms with Crippen LogP contribution in [0.2, 0.25) is 0 Å². The maximum atomic E-state index is 12.1. The van der Waals surface area contributed by atoms with E-state index in [9.17, 15) is 14.9 Å². The molecule has 138 valence electrons. The molecule has 3 aromatic rings. The van der Waals surface area contributed by atoms with Crippen LogP contribution in [0.15, 0.2) is 40.8 Å². The molecular formula is C18H17N5O4. The first-order valence-electron chi connectivity index (χ1n) is 8.70. The normalized spacial score (nSPS) is 13.6. The molecule has 1 aromatic carbocycles. The van der Waals surface area contributed by atoms with Crippen molar-refractivity contribution in [2.45, 2.75) is 32.2 Å². The second kappa shape index (κ2) is 7.02. The molecule has 0 aliphatic carbocycles. The number of aromatic nitrogens is 3. The third-order valence-electron chi connectivity index (χ3n) is 4.51. The smallest absolute Gasteiger partial charge is 0.395 e. The maximum absolute atomic E-state index is 12.1. The molecule has 2 aromatic heterocycles. The lowest BCUT2D eigenvalue weighted by atomic mass is 10.2. The van der Waals surface area contributed by atoms with Gasteiger partial charge >= 0.3 is 5.88 Å². The summed E-state index contributed by atoms with van der Waals surface area (Å²) in [5.74, 6) is 0.703. The van der Waals surface area contributed by atoms with E-state index in [1.807, 2.05) is 12.1 Å². The monoisotopic (exact) mass is 367 g/mol. The molecule has 0 radical (unpaired) electrons. The third-order valence-corrected chi connectivity index (χ3v) is 4.51. The summed E-state index contributed by atoms with van der Waals surface area (Å²) in [5.41, 5.74) is 1.47. The number of anilines is 1. The molecule has 0 saturated heterocycles. The summed E-state index contributed by atoms with van der Waals surface area (Å²) in [7, 11) is 0. The van der Waals surface area contributed by atoms with E-state index in [2.05, 4.69) is 20.1 Å². The first-order valence-corrected chi connectivity index (χ1v) is 8.70. The Labute approximate surface area is 154 Å². The summed E-state index contributed by atoms with van der Waals surface area (Å²) in [6.45, 7) is 0.910. The van der Waals surface area contributed by atoms with Gasteiger partial charge in [0, 0.05) is 24.2 Å². The van der Waals surface area contributed by atoms with E-state index >= 15 is 0 Å². The van der Waals surface area contributed by atoms with Crippen LogP contribution in [-0.2, 0) is 13.0 Å². The first kappa shape index (κ1) is 17.0. The van der Waals surface area contributed by atoms with Gasteiger partial charge in [0.25, 0.3) is 5.91 Å². The van der Waals surface area contributed by atoms with Gasteiger partial charge in [-0.15, -0.1) is 10.2 Å². The number of carbonyl (C=O) groups excluding carboxylic acids is 1. The standard InChI is InChI=1S/C18H17N5O4/c24-18(14-9-10-16(27-14)23(25)26)19-13-7-5-12(6-8-13)17-21-20-15-4-2-1-3-11-22(15)17/h5-10H,1-4,11H2,(H,19,24). The lowest BCUT2D eigenvalue weighted by Gasteiger charge is -2.08. The van der Waals surface area contributed by atoms with Crippen molar-refractivity contribution in [3.05, 3.63) is 58.1 Å². The lowest BCUT2D eigenvalue weighted by molar-refractivity contribution is -0.402.